The predicted octanol–water partition coefficient (Wildman–Crippen LogP) is -0.743. The van der Waals surface area contributed by atoms with Crippen molar-refractivity contribution in [2.24, 2.45) is 0 Å². The standard InChI is InChI=1S/C21H39NO12/c1-2-34-21(26)3-5-27-7-9-29-11-13-31-15-16-32-14-12-30-10-8-28-6-4-22-19(23)17-33-18-20(24)25/h2-18H2,1H3,(H,22,23)(H,24,25). The van der Waals surface area contributed by atoms with Crippen molar-refractivity contribution < 1.29 is 57.4 Å². The average Bonchev–Trinajstić information content (AvgIpc) is 2.80. The van der Waals surface area contributed by atoms with Crippen LogP contribution in [0.3, 0.4) is 0 Å². The number of esters is 1. The van der Waals surface area contributed by atoms with Crippen LogP contribution in [0.1, 0.15) is 13.3 Å². The maximum atomic E-state index is 11.3. The van der Waals surface area contributed by atoms with E-state index in [4.69, 9.17) is 38.3 Å². The maximum absolute atomic E-state index is 11.3. The highest BCUT2D eigenvalue weighted by Gasteiger charge is 2.03. The van der Waals surface area contributed by atoms with Gasteiger partial charge in [0.15, 0.2) is 0 Å². The summed E-state index contributed by atoms with van der Waals surface area (Å²) >= 11 is 0. The van der Waals surface area contributed by atoms with E-state index in [0.717, 1.165) is 0 Å². The van der Waals surface area contributed by atoms with Crippen LogP contribution in [0.2, 0.25) is 0 Å². The molecule has 0 aliphatic carbocycles. The highest BCUT2D eigenvalue weighted by molar-refractivity contribution is 5.77. The molecule has 0 aliphatic heterocycles. The number of rotatable bonds is 26. The third kappa shape index (κ3) is 26.4. The van der Waals surface area contributed by atoms with Gasteiger partial charge in [-0.2, -0.15) is 0 Å². The number of ether oxygens (including phenoxy) is 8. The summed E-state index contributed by atoms with van der Waals surface area (Å²) in [5.74, 6) is -1.79. The van der Waals surface area contributed by atoms with Crippen LogP contribution in [0, 0.1) is 0 Å². The SMILES string of the molecule is CCOC(=O)CCOCCOCCOCCOCCOCCOCCNC(=O)COCC(=O)O. The Morgan fingerprint density at radius 1 is 0.618 bits per heavy atom. The van der Waals surface area contributed by atoms with Crippen LogP contribution >= 0.6 is 0 Å². The van der Waals surface area contributed by atoms with Crippen molar-refractivity contribution in [1.29, 1.82) is 0 Å². The lowest BCUT2D eigenvalue weighted by Crippen LogP contribution is -2.31. The zero-order valence-corrected chi connectivity index (χ0v) is 20.0. The summed E-state index contributed by atoms with van der Waals surface area (Å²) in [5, 5.41) is 10.9. The summed E-state index contributed by atoms with van der Waals surface area (Å²) < 4.78 is 41.4. The second kappa shape index (κ2) is 25.7. The van der Waals surface area contributed by atoms with E-state index in [0.29, 0.717) is 92.4 Å². The van der Waals surface area contributed by atoms with Gasteiger partial charge < -0.3 is 48.3 Å². The molecule has 2 N–H and O–H groups in total. The third-order valence-electron chi connectivity index (χ3n) is 3.64. The van der Waals surface area contributed by atoms with Crippen LogP contribution < -0.4 is 5.32 Å². The fourth-order valence-corrected chi connectivity index (χ4v) is 2.13. The molecule has 0 spiro atoms. The van der Waals surface area contributed by atoms with Gasteiger partial charge in [0.05, 0.1) is 92.3 Å². The van der Waals surface area contributed by atoms with Crippen molar-refractivity contribution in [2.75, 3.05) is 106 Å². The Morgan fingerprint density at radius 2 is 1.06 bits per heavy atom. The Balaban J connectivity index is 3.13. The molecule has 0 bridgehead atoms. The number of amides is 1. The molecule has 0 aromatic carbocycles. The fraction of sp³-hybridized carbons (Fsp3) is 0.857. The first-order chi connectivity index (χ1) is 16.6. The quantitative estimate of drug-likeness (QED) is 0.114. The Kier molecular flexibility index (Phi) is 24.3. The average molecular weight is 498 g/mol. The third-order valence-corrected chi connectivity index (χ3v) is 3.64. The molecule has 0 fully saturated rings. The van der Waals surface area contributed by atoms with Gasteiger partial charge in [-0.25, -0.2) is 4.79 Å². The largest absolute Gasteiger partial charge is 0.480 e. The highest BCUT2D eigenvalue weighted by atomic mass is 16.6. The minimum absolute atomic E-state index is 0.243. The van der Waals surface area contributed by atoms with Crippen molar-refractivity contribution in [1.82, 2.24) is 5.32 Å². The molecule has 0 aliphatic rings. The predicted molar refractivity (Wildman–Crippen MR) is 118 cm³/mol. The summed E-state index contributed by atoms with van der Waals surface area (Å²) in [6.45, 7) is 6.57. The van der Waals surface area contributed by atoms with Crippen molar-refractivity contribution in [2.45, 2.75) is 13.3 Å². The second-order valence-electron chi connectivity index (χ2n) is 6.47. The zero-order chi connectivity index (χ0) is 25.1. The number of aliphatic carboxylic acids is 1. The normalized spacial score (nSPS) is 10.9. The summed E-state index contributed by atoms with van der Waals surface area (Å²) in [7, 11) is 0. The number of carbonyl (C=O) groups is 3. The monoisotopic (exact) mass is 497 g/mol. The Labute approximate surface area is 200 Å². The Bertz CT molecular complexity index is 506. The summed E-state index contributed by atoms with van der Waals surface area (Å²) in [6, 6.07) is 0. The molecule has 0 atom stereocenters. The number of hydrogen-bond donors (Lipinski definition) is 2. The molecule has 1 amide bonds. The van der Waals surface area contributed by atoms with Gasteiger partial charge in [-0.1, -0.05) is 0 Å². The molecule has 0 aromatic rings. The van der Waals surface area contributed by atoms with Crippen molar-refractivity contribution in [3.05, 3.63) is 0 Å². The molecule has 0 saturated carbocycles. The van der Waals surface area contributed by atoms with Crippen molar-refractivity contribution in [3.63, 3.8) is 0 Å². The molecule has 13 heteroatoms. The molecule has 200 valence electrons. The number of carboxylic acid groups (broad SMARTS) is 1. The molecule has 0 radical (unpaired) electrons. The molecular weight excluding hydrogens is 458 g/mol. The summed E-state index contributed by atoms with van der Waals surface area (Å²) in [4.78, 5) is 32.6. The number of hydrogen-bond acceptors (Lipinski definition) is 11. The lowest BCUT2D eigenvalue weighted by molar-refractivity contribution is -0.145. The van der Waals surface area contributed by atoms with E-state index in [1.165, 1.54) is 0 Å². The molecule has 0 heterocycles. The van der Waals surface area contributed by atoms with Gasteiger partial charge in [-0.05, 0) is 6.92 Å². The van der Waals surface area contributed by atoms with E-state index in [1.54, 1.807) is 6.92 Å². The molecular formula is C21H39NO12. The summed E-state index contributed by atoms with van der Waals surface area (Å²) in [5.41, 5.74) is 0. The second-order valence-corrected chi connectivity index (χ2v) is 6.47. The van der Waals surface area contributed by atoms with Gasteiger partial charge in [-0.3, -0.25) is 9.59 Å². The maximum Gasteiger partial charge on any atom is 0.329 e. The minimum atomic E-state index is -1.12. The molecule has 0 saturated heterocycles. The Morgan fingerprint density at radius 3 is 1.50 bits per heavy atom. The van der Waals surface area contributed by atoms with Gasteiger partial charge in [0.2, 0.25) is 5.91 Å². The lowest BCUT2D eigenvalue weighted by Gasteiger charge is -2.08. The van der Waals surface area contributed by atoms with Crippen LogP contribution in [0.4, 0.5) is 0 Å². The van der Waals surface area contributed by atoms with Gasteiger partial charge >= 0.3 is 11.9 Å². The number of carboxylic acids is 1. The molecule has 34 heavy (non-hydrogen) atoms. The Hall–Kier alpha value is -1.87. The van der Waals surface area contributed by atoms with Crippen LogP contribution in [0.5, 0.6) is 0 Å². The first kappa shape index (κ1) is 32.1. The molecule has 0 aromatic heterocycles. The van der Waals surface area contributed by atoms with Crippen LogP contribution in [-0.2, 0) is 52.3 Å². The van der Waals surface area contributed by atoms with Crippen LogP contribution in [0.15, 0.2) is 0 Å². The number of nitrogens with one attached hydrogen (secondary N) is 1. The van der Waals surface area contributed by atoms with Crippen molar-refractivity contribution >= 4 is 17.8 Å². The van der Waals surface area contributed by atoms with Crippen LogP contribution in [-0.4, -0.2) is 129 Å². The van der Waals surface area contributed by atoms with Crippen LogP contribution in [0.25, 0.3) is 0 Å². The van der Waals surface area contributed by atoms with Gasteiger partial charge in [0, 0.05) is 6.54 Å². The fourth-order valence-electron chi connectivity index (χ4n) is 2.13. The van der Waals surface area contributed by atoms with E-state index in [9.17, 15) is 14.4 Å². The molecule has 13 nitrogen and oxygen atoms in total. The van der Waals surface area contributed by atoms with Crippen molar-refractivity contribution in [3.8, 4) is 0 Å². The first-order valence-corrected chi connectivity index (χ1v) is 11.2. The van der Waals surface area contributed by atoms with Gasteiger partial charge in [0.25, 0.3) is 0 Å². The molecule has 0 unspecified atom stereocenters. The van der Waals surface area contributed by atoms with E-state index >= 15 is 0 Å². The first-order valence-electron chi connectivity index (χ1n) is 11.2. The van der Waals surface area contributed by atoms with E-state index in [2.05, 4.69) is 10.1 Å². The number of carbonyl (C=O) groups excluding carboxylic acids is 2. The summed E-state index contributed by atoms with van der Waals surface area (Å²) in [6.07, 6.45) is 0.243. The smallest absolute Gasteiger partial charge is 0.329 e. The zero-order valence-electron chi connectivity index (χ0n) is 20.0. The molecule has 0 rings (SSSR count). The highest BCUT2D eigenvalue weighted by Crippen LogP contribution is 1.89. The topological polar surface area (TPSA) is 157 Å². The van der Waals surface area contributed by atoms with Gasteiger partial charge in [0.1, 0.15) is 13.2 Å². The lowest BCUT2D eigenvalue weighted by atomic mass is 10.5. The minimum Gasteiger partial charge on any atom is -0.480 e. The van der Waals surface area contributed by atoms with Gasteiger partial charge in [-0.15, -0.1) is 0 Å². The van der Waals surface area contributed by atoms with E-state index in [-0.39, 0.29) is 19.0 Å². The van der Waals surface area contributed by atoms with E-state index in [1.807, 2.05) is 0 Å². The van der Waals surface area contributed by atoms with E-state index < -0.39 is 18.5 Å².